The highest BCUT2D eigenvalue weighted by molar-refractivity contribution is 7.16. The summed E-state index contributed by atoms with van der Waals surface area (Å²) in [6.07, 6.45) is 1.75. The maximum absolute atomic E-state index is 12.6. The maximum Gasteiger partial charge on any atom is 0.268 e. The first-order chi connectivity index (χ1) is 13.9. The molecule has 0 radical (unpaired) electrons. The number of aromatic nitrogens is 1. The Morgan fingerprint density at radius 1 is 1.10 bits per heavy atom. The van der Waals surface area contributed by atoms with Crippen molar-refractivity contribution in [2.75, 3.05) is 6.54 Å². The Morgan fingerprint density at radius 2 is 1.72 bits per heavy atom. The zero-order valence-corrected chi connectivity index (χ0v) is 17.0. The smallest absolute Gasteiger partial charge is 0.268 e. The molecule has 0 fully saturated rings. The average Bonchev–Trinajstić information content (AvgIpc) is 3.13. The molecule has 0 unspecified atom stereocenters. The zero-order valence-electron chi connectivity index (χ0n) is 16.1. The minimum Gasteiger partial charge on any atom is -0.312 e. The van der Waals surface area contributed by atoms with Crippen LogP contribution in [0, 0.1) is 13.8 Å². The van der Waals surface area contributed by atoms with Gasteiger partial charge in [0.25, 0.3) is 17.7 Å². The summed E-state index contributed by atoms with van der Waals surface area (Å²) in [5.74, 6) is -1.47. The van der Waals surface area contributed by atoms with Crippen molar-refractivity contribution >= 4 is 39.3 Å². The second-order valence-corrected chi connectivity index (χ2v) is 7.94. The van der Waals surface area contributed by atoms with Crippen molar-refractivity contribution in [1.82, 2.24) is 9.47 Å². The number of benzene rings is 2. The topological polar surface area (TPSA) is 71.7 Å². The molecule has 2 heterocycles. The van der Waals surface area contributed by atoms with Crippen molar-refractivity contribution in [1.29, 1.82) is 0 Å². The fourth-order valence-corrected chi connectivity index (χ4v) is 4.51. The van der Waals surface area contributed by atoms with Gasteiger partial charge in [0.1, 0.15) is 6.54 Å². The summed E-state index contributed by atoms with van der Waals surface area (Å²) in [4.78, 5) is 43.3. The number of aryl methyl sites for hydroxylation is 2. The number of carbonyl (C=O) groups excluding carboxylic acids is 3. The van der Waals surface area contributed by atoms with Crippen LogP contribution in [-0.4, -0.2) is 33.7 Å². The third-order valence-corrected chi connectivity index (χ3v) is 6.04. The standard InChI is InChI=1S/C22H19N3O3S/c1-4-9-24-17-10-13(2)14(3)11-18(17)29-22(24)23-19(26)12-25-20(27)15-7-5-6-8-16(15)21(25)28/h4-8,10-11H,1,9,12H2,2-3H3. The summed E-state index contributed by atoms with van der Waals surface area (Å²) < 4.78 is 2.93. The summed E-state index contributed by atoms with van der Waals surface area (Å²) in [7, 11) is 0. The lowest BCUT2D eigenvalue weighted by atomic mass is 10.1. The minimum absolute atomic E-state index is 0.319. The molecule has 146 valence electrons. The molecule has 0 atom stereocenters. The molecule has 7 heteroatoms. The number of hydrogen-bond donors (Lipinski definition) is 0. The van der Waals surface area contributed by atoms with Gasteiger partial charge < -0.3 is 4.57 Å². The normalized spacial score (nSPS) is 14.0. The predicted molar refractivity (Wildman–Crippen MR) is 112 cm³/mol. The van der Waals surface area contributed by atoms with Gasteiger partial charge in [-0.2, -0.15) is 4.99 Å². The van der Waals surface area contributed by atoms with Crippen LogP contribution in [0.15, 0.2) is 54.0 Å². The number of rotatable bonds is 4. The maximum atomic E-state index is 12.6. The van der Waals surface area contributed by atoms with E-state index < -0.39 is 17.7 Å². The first-order valence-electron chi connectivity index (χ1n) is 9.15. The number of imide groups is 1. The molecule has 29 heavy (non-hydrogen) atoms. The summed E-state index contributed by atoms with van der Waals surface area (Å²) in [5.41, 5.74) is 3.93. The number of nitrogens with zero attached hydrogens (tertiary/aromatic N) is 3. The highest BCUT2D eigenvalue weighted by Crippen LogP contribution is 2.23. The van der Waals surface area contributed by atoms with Crippen molar-refractivity contribution in [3.05, 3.63) is 76.1 Å². The summed E-state index contributed by atoms with van der Waals surface area (Å²) in [5, 5.41) is 0. The van der Waals surface area contributed by atoms with Gasteiger partial charge in [-0.25, -0.2) is 0 Å². The molecule has 3 aromatic rings. The van der Waals surface area contributed by atoms with Gasteiger partial charge in [0.05, 0.1) is 21.3 Å². The third-order valence-electron chi connectivity index (χ3n) is 5.00. The molecular weight excluding hydrogens is 386 g/mol. The van der Waals surface area contributed by atoms with Gasteiger partial charge >= 0.3 is 0 Å². The quantitative estimate of drug-likeness (QED) is 0.494. The summed E-state index contributed by atoms with van der Waals surface area (Å²) in [6, 6.07) is 10.7. The molecule has 0 saturated carbocycles. The first-order valence-corrected chi connectivity index (χ1v) is 9.96. The number of thiazole rings is 1. The second kappa shape index (κ2) is 7.25. The van der Waals surface area contributed by atoms with E-state index in [2.05, 4.69) is 23.7 Å². The number of carbonyl (C=O) groups is 3. The molecular formula is C22H19N3O3S. The van der Waals surface area contributed by atoms with Crippen LogP contribution in [0.25, 0.3) is 10.2 Å². The Kier molecular flexibility index (Phi) is 4.76. The van der Waals surface area contributed by atoms with Crippen LogP contribution in [-0.2, 0) is 11.3 Å². The lowest BCUT2D eigenvalue weighted by molar-refractivity contribution is -0.118. The highest BCUT2D eigenvalue weighted by Gasteiger charge is 2.36. The molecule has 0 bridgehead atoms. The second-order valence-electron chi connectivity index (χ2n) is 6.94. The lowest BCUT2D eigenvalue weighted by Gasteiger charge is -2.10. The van der Waals surface area contributed by atoms with Crippen molar-refractivity contribution < 1.29 is 14.4 Å². The van der Waals surface area contributed by atoms with Gasteiger partial charge in [0.2, 0.25) is 0 Å². The fourth-order valence-electron chi connectivity index (χ4n) is 3.37. The monoisotopic (exact) mass is 405 g/mol. The highest BCUT2D eigenvalue weighted by atomic mass is 32.1. The fraction of sp³-hybridized carbons (Fsp3) is 0.182. The molecule has 1 aliphatic heterocycles. The first kappa shape index (κ1) is 19.0. The van der Waals surface area contributed by atoms with Gasteiger partial charge in [-0.05, 0) is 49.2 Å². The van der Waals surface area contributed by atoms with Crippen molar-refractivity contribution in [2.24, 2.45) is 4.99 Å². The van der Waals surface area contributed by atoms with Crippen LogP contribution in [0.5, 0.6) is 0 Å². The predicted octanol–water partition coefficient (Wildman–Crippen LogP) is 3.23. The van der Waals surface area contributed by atoms with Gasteiger partial charge in [-0.3, -0.25) is 19.3 Å². The van der Waals surface area contributed by atoms with Crippen molar-refractivity contribution in [3.63, 3.8) is 0 Å². The molecule has 1 aliphatic rings. The molecule has 6 nitrogen and oxygen atoms in total. The van der Waals surface area contributed by atoms with Crippen LogP contribution in [0.4, 0.5) is 0 Å². The lowest BCUT2D eigenvalue weighted by Crippen LogP contribution is -2.35. The summed E-state index contributed by atoms with van der Waals surface area (Å²) in [6.45, 7) is 7.98. The molecule has 3 amide bonds. The molecule has 2 aromatic carbocycles. The van der Waals surface area contributed by atoms with E-state index >= 15 is 0 Å². The van der Waals surface area contributed by atoms with Crippen LogP contribution < -0.4 is 4.80 Å². The molecule has 4 rings (SSSR count). The van der Waals surface area contributed by atoms with Crippen molar-refractivity contribution in [3.8, 4) is 0 Å². The third kappa shape index (κ3) is 3.23. The van der Waals surface area contributed by atoms with E-state index in [0.717, 1.165) is 26.2 Å². The van der Waals surface area contributed by atoms with E-state index in [9.17, 15) is 14.4 Å². The molecule has 0 N–H and O–H groups in total. The van der Waals surface area contributed by atoms with Gasteiger partial charge in [-0.15, -0.1) is 6.58 Å². The number of fused-ring (bicyclic) bond motifs is 2. The van der Waals surface area contributed by atoms with E-state index in [0.29, 0.717) is 22.5 Å². The van der Waals surface area contributed by atoms with E-state index in [1.807, 2.05) is 18.4 Å². The number of hydrogen-bond acceptors (Lipinski definition) is 4. The Morgan fingerprint density at radius 3 is 2.34 bits per heavy atom. The Hall–Kier alpha value is -3.32. The van der Waals surface area contributed by atoms with Crippen LogP contribution >= 0.6 is 11.3 Å². The zero-order chi connectivity index (χ0) is 20.7. The SMILES string of the molecule is C=CCn1c(=NC(=O)CN2C(=O)c3ccccc3C2=O)sc2cc(C)c(C)cc21. The minimum atomic E-state index is -0.544. The molecule has 0 saturated heterocycles. The molecule has 0 aliphatic carbocycles. The van der Waals surface area contributed by atoms with Crippen LogP contribution in [0.3, 0.4) is 0 Å². The number of allylic oxidation sites excluding steroid dienone is 1. The van der Waals surface area contributed by atoms with E-state index in [4.69, 9.17) is 0 Å². The van der Waals surface area contributed by atoms with Crippen LogP contribution in [0.1, 0.15) is 31.8 Å². The van der Waals surface area contributed by atoms with E-state index in [1.54, 1.807) is 30.3 Å². The van der Waals surface area contributed by atoms with Crippen LogP contribution in [0.2, 0.25) is 0 Å². The largest absolute Gasteiger partial charge is 0.312 e. The van der Waals surface area contributed by atoms with Gasteiger partial charge in [-0.1, -0.05) is 29.5 Å². The average molecular weight is 405 g/mol. The van der Waals surface area contributed by atoms with Gasteiger partial charge in [0.15, 0.2) is 4.80 Å². The number of amides is 3. The Balaban J connectivity index is 1.70. The van der Waals surface area contributed by atoms with Crippen molar-refractivity contribution in [2.45, 2.75) is 20.4 Å². The molecule has 1 aromatic heterocycles. The Labute approximate surface area is 171 Å². The van der Waals surface area contributed by atoms with E-state index in [1.165, 1.54) is 11.3 Å². The molecule has 0 spiro atoms. The van der Waals surface area contributed by atoms with Gasteiger partial charge in [0, 0.05) is 6.54 Å². The Bertz CT molecular complexity index is 1230. The van der Waals surface area contributed by atoms with E-state index in [-0.39, 0.29) is 6.54 Å². The summed E-state index contributed by atoms with van der Waals surface area (Å²) >= 11 is 1.40.